The van der Waals surface area contributed by atoms with Crippen molar-refractivity contribution >= 4 is 5.70 Å². The maximum Gasteiger partial charge on any atom is 0.0928 e. The van der Waals surface area contributed by atoms with Gasteiger partial charge in [-0.05, 0) is 67.7 Å². The number of alkyl halides is 1. The molecule has 1 aliphatic carbocycles. The Morgan fingerprint density at radius 3 is 2.79 bits per heavy atom. The minimum atomic E-state index is -0.236. The quantitative estimate of drug-likeness (QED) is 0.630. The van der Waals surface area contributed by atoms with Gasteiger partial charge in [-0.2, -0.15) is 0 Å². The zero-order chi connectivity index (χ0) is 17.5. The van der Waals surface area contributed by atoms with Gasteiger partial charge in [0.1, 0.15) is 0 Å². The summed E-state index contributed by atoms with van der Waals surface area (Å²) in [5.41, 5.74) is 7.42. The first-order valence-electron chi connectivity index (χ1n) is 9.02. The van der Waals surface area contributed by atoms with Crippen molar-refractivity contribution in [1.82, 2.24) is 5.32 Å². The molecule has 0 aliphatic heterocycles. The third-order valence-electron chi connectivity index (χ3n) is 4.80. The molecule has 1 aromatic rings. The van der Waals surface area contributed by atoms with E-state index >= 15 is 0 Å². The first-order chi connectivity index (χ1) is 11.6. The molecule has 1 aliphatic rings. The van der Waals surface area contributed by atoms with Crippen LogP contribution in [0, 0.1) is 5.92 Å². The van der Waals surface area contributed by atoms with Crippen LogP contribution in [0.15, 0.2) is 42.5 Å². The number of fused-ring (bicyclic) bond motifs is 1. The third kappa shape index (κ3) is 4.37. The van der Waals surface area contributed by atoms with Crippen LogP contribution in [0.1, 0.15) is 48.9 Å². The zero-order valence-electron chi connectivity index (χ0n) is 15.3. The van der Waals surface area contributed by atoms with Crippen molar-refractivity contribution in [3.8, 4) is 0 Å². The second-order valence-electron chi connectivity index (χ2n) is 6.63. The van der Waals surface area contributed by atoms with Crippen molar-refractivity contribution < 1.29 is 4.39 Å². The summed E-state index contributed by atoms with van der Waals surface area (Å²) < 4.78 is 13.1. The number of hydrogen-bond donors (Lipinski definition) is 1. The molecule has 0 bridgehead atoms. The molecule has 0 heterocycles. The van der Waals surface area contributed by atoms with E-state index < -0.39 is 0 Å². The summed E-state index contributed by atoms with van der Waals surface area (Å²) in [5, 5.41) is 3.17. The van der Waals surface area contributed by atoms with E-state index in [1.54, 1.807) is 0 Å². The Balaban J connectivity index is 2.26. The number of halogens is 1. The molecule has 0 fully saturated rings. The van der Waals surface area contributed by atoms with Crippen molar-refractivity contribution in [2.45, 2.75) is 46.0 Å². The van der Waals surface area contributed by atoms with Crippen LogP contribution in [0.5, 0.6) is 0 Å². The maximum absolute atomic E-state index is 13.1. The van der Waals surface area contributed by atoms with Crippen LogP contribution < -0.4 is 5.32 Å². The van der Waals surface area contributed by atoms with E-state index in [1.165, 1.54) is 27.8 Å². The first-order valence-corrected chi connectivity index (χ1v) is 9.02. The van der Waals surface area contributed by atoms with Crippen LogP contribution >= 0.6 is 0 Å². The van der Waals surface area contributed by atoms with E-state index in [0.717, 1.165) is 37.8 Å². The third-order valence-corrected chi connectivity index (χ3v) is 4.80. The summed E-state index contributed by atoms with van der Waals surface area (Å²) in [6, 6.07) is 4.54. The topological polar surface area (TPSA) is 12.0 Å². The Morgan fingerprint density at radius 1 is 1.38 bits per heavy atom. The highest BCUT2D eigenvalue weighted by Crippen LogP contribution is 2.34. The van der Waals surface area contributed by atoms with Gasteiger partial charge >= 0.3 is 0 Å². The van der Waals surface area contributed by atoms with Crippen LogP contribution in [0.4, 0.5) is 4.39 Å². The molecule has 1 nitrogen and oxygen atoms in total. The zero-order valence-corrected chi connectivity index (χ0v) is 15.3. The van der Waals surface area contributed by atoms with Crippen LogP contribution in [0.3, 0.4) is 0 Å². The maximum atomic E-state index is 13.1. The monoisotopic (exact) mass is 327 g/mol. The lowest BCUT2D eigenvalue weighted by Gasteiger charge is -2.14. The summed E-state index contributed by atoms with van der Waals surface area (Å²) in [6.07, 6.45) is 11.4. The highest BCUT2D eigenvalue weighted by atomic mass is 19.1. The second kappa shape index (κ2) is 8.86. The van der Waals surface area contributed by atoms with E-state index in [4.69, 9.17) is 0 Å². The highest BCUT2D eigenvalue weighted by molar-refractivity contribution is 5.67. The molecule has 0 radical (unpaired) electrons. The van der Waals surface area contributed by atoms with E-state index in [9.17, 15) is 4.39 Å². The first kappa shape index (κ1) is 18.5. The molecule has 2 heteroatoms. The van der Waals surface area contributed by atoms with Gasteiger partial charge in [0.05, 0.1) is 6.67 Å². The predicted octanol–water partition coefficient (Wildman–Crippen LogP) is 5.41. The second-order valence-corrected chi connectivity index (χ2v) is 6.63. The minimum absolute atomic E-state index is 0.136. The van der Waals surface area contributed by atoms with Crippen molar-refractivity contribution in [3.63, 3.8) is 0 Å². The molecule has 0 amide bonds. The van der Waals surface area contributed by atoms with Gasteiger partial charge in [-0.3, -0.25) is 4.39 Å². The van der Waals surface area contributed by atoms with Crippen LogP contribution in [0.25, 0.3) is 5.70 Å². The number of rotatable bonds is 8. The van der Waals surface area contributed by atoms with Crippen molar-refractivity contribution in [2.24, 2.45) is 5.92 Å². The van der Waals surface area contributed by atoms with Gasteiger partial charge < -0.3 is 5.32 Å². The van der Waals surface area contributed by atoms with Crippen LogP contribution in [0.2, 0.25) is 0 Å². The lowest BCUT2D eigenvalue weighted by atomic mass is 9.94. The molecule has 1 N–H and O–H groups in total. The number of hydrogen-bond acceptors (Lipinski definition) is 1. The molecular weight excluding hydrogens is 297 g/mol. The van der Waals surface area contributed by atoms with Gasteiger partial charge in [0.15, 0.2) is 0 Å². The summed E-state index contributed by atoms with van der Waals surface area (Å²) in [4.78, 5) is 0. The smallest absolute Gasteiger partial charge is 0.0928 e. The molecule has 2 rings (SSSR count). The van der Waals surface area contributed by atoms with Gasteiger partial charge in [0, 0.05) is 18.3 Å². The highest BCUT2D eigenvalue weighted by Gasteiger charge is 2.25. The molecule has 1 unspecified atom stereocenters. The van der Waals surface area contributed by atoms with Crippen LogP contribution in [-0.2, 0) is 19.3 Å². The largest absolute Gasteiger partial charge is 0.388 e. The number of nitrogens with one attached hydrogen (secondary N) is 1. The van der Waals surface area contributed by atoms with E-state index in [0.29, 0.717) is 0 Å². The average molecular weight is 327 g/mol. The number of allylic oxidation sites excluding steroid dienone is 4. The fourth-order valence-corrected chi connectivity index (χ4v) is 3.57. The lowest BCUT2D eigenvalue weighted by molar-refractivity contribution is 0.373. The fourth-order valence-electron chi connectivity index (χ4n) is 3.57. The van der Waals surface area contributed by atoms with Gasteiger partial charge in [-0.1, -0.05) is 43.4 Å². The van der Waals surface area contributed by atoms with Gasteiger partial charge in [0.25, 0.3) is 0 Å². The fraction of sp³-hybridized carbons (Fsp3) is 0.455. The van der Waals surface area contributed by atoms with Crippen LogP contribution in [-0.4, -0.2) is 13.7 Å². The number of aryl methyl sites for hydroxylation is 1. The Morgan fingerprint density at radius 2 is 2.17 bits per heavy atom. The van der Waals surface area contributed by atoms with Crippen molar-refractivity contribution in [2.75, 3.05) is 13.7 Å². The molecule has 0 saturated heterocycles. The van der Waals surface area contributed by atoms with Gasteiger partial charge in [-0.25, -0.2) is 0 Å². The Hall–Kier alpha value is -1.83. The standard InChI is InChI=1S/C22H30FN/c1-5-7-17(8-6-2)9-10-18-11-20-12-19(15-23)14-22(20)21(13-18)16(3)24-4/h5,7-8,11,13,19,24H,3,6,9-10,12,14-15H2,1-2,4H3/b7-5-,17-8+. The molecule has 0 saturated carbocycles. The molecular formula is C22H30FN. The molecule has 0 spiro atoms. The minimum Gasteiger partial charge on any atom is -0.388 e. The molecule has 1 atom stereocenters. The normalized spacial score (nSPS) is 17.3. The number of benzene rings is 1. The average Bonchev–Trinajstić information content (AvgIpc) is 3.01. The van der Waals surface area contributed by atoms with Gasteiger partial charge in [0.2, 0.25) is 0 Å². The Kier molecular flexibility index (Phi) is 6.84. The predicted molar refractivity (Wildman–Crippen MR) is 103 cm³/mol. The van der Waals surface area contributed by atoms with E-state index in [-0.39, 0.29) is 12.6 Å². The molecule has 1 aromatic carbocycles. The molecule has 24 heavy (non-hydrogen) atoms. The summed E-state index contributed by atoms with van der Waals surface area (Å²) in [7, 11) is 1.90. The van der Waals surface area contributed by atoms with E-state index in [2.05, 4.69) is 56.1 Å². The summed E-state index contributed by atoms with van der Waals surface area (Å²) in [6.45, 7) is 8.14. The molecule has 0 aromatic heterocycles. The Labute approximate surface area is 146 Å². The lowest BCUT2D eigenvalue weighted by Crippen LogP contribution is -2.07. The van der Waals surface area contributed by atoms with E-state index in [1.807, 2.05) is 7.05 Å². The summed E-state index contributed by atoms with van der Waals surface area (Å²) in [5.74, 6) is 0.136. The molecule has 130 valence electrons. The van der Waals surface area contributed by atoms with Crippen molar-refractivity contribution in [3.05, 3.63) is 64.8 Å². The van der Waals surface area contributed by atoms with Gasteiger partial charge in [-0.15, -0.1) is 0 Å². The SMILES string of the molecule is C=C(NC)c1cc(CCC(/C=C\C)=C/CC)cc2c1CC(CF)C2. The summed E-state index contributed by atoms with van der Waals surface area (Å²) >= 11 is 0. The Bertz CT molecular complexity index is 640. The van der Waals surface area contributed by atoms with Crippen molar-refractivity contribution in [1.29, 1.82) is 0 Å².